The zero-order chi connectivity index (χ0) is 51.8. The number of benzene rings is 5. The van der Waals surface area contributed by atoms with E-state index in [4.69, 9.17) is 24.2 Å². The summed E-state index contributed by atoms with van der Waals surface area (Å²) >= 11 is 0. The number of imidazole rings is 1. The zero-order valence-corrected chi connectivity index (χ0v) is 42.3. The molecule has 0 saturated carbocycles. The highest BCUT2D eigenvalue weighted by Crippen LogP contribution is 2.44. The minimum atomic E-state index is -0.966. The van der Waals surface area contributed by atoms with Gasteiger partial charge < -0.3 is 39.6 Å². The first-order chi connectivity index (χ1) is 35.2. The molecule has 0 spiro atoms. The number of aromatic nitrogens is 3. The van der Waals surface area contributed by atoms with E-state index >= 15 is 0 Å². The van der Waals surface area contributed by atoms with E-state index in [1.54, 1.807) is 57.2 Å². The van der Waals surface area contributed by atoms with E-state index in [-0.39, 0.29) is 30.9 Å². The molecule has 0 aliphatic heterocycles. The van der Waals surface area contributed by atoms with Crippen molar-refractivity contribution in [1.82, 2.24) is 30.1 Å². The maximum Gasteiger partial charge on any atom is 0.413 e. The third-order valence-corrected chi connectivity index (χ3v) is 12.9. The predicted molar refractivity (Wildman–Crippen MR) is 281 cm³/mol. The number of carbonyl (C=O) groups is 5. The van der Waals surface area contributed by atoms with Gasteiger partial charge >= 0.3 is 18.2 Å². The van der Waals surface area contributed by atoms with Crippen molar-refractivity contribution in [3.05, 3.63) is 154 Å². The number of hydrogen-bond donors (Lipinski definition) is 4. The van der Waals surface area contributed by atoms with Crippen molar-refractivity contribution in [3.8, 4) is 11.1 Å². The van der Waals surface area contributed by atoms with Crippen molar-refractivity contribution in [2.75, 3.05) is 38.4 Å². The number of methoxy groups -OCH3 is 1. The number of aryl methyl sites for hydroxylation is 1. The van der Waals surface area contributed by atoms with E-state index in [0.29, 0.717) is 40.8 Å². The number of ether oxygens (including phenoxy) is 3. The van der Waals surface area contributed by atoms with Gasteiger partial charge in [0.15, 0.2) is 5.82 Å². The second-order valence-electron chi connectivity index (χ2n) is 19.0. The Labute approximate surface area is 424 Å². The molecule has 0 fully saturated rings. The lowest BCUT2D eigenvalue weighted by atomic mass is 9.98. The zero-order valence-electron chi connectivity index (χ0n) is 42.3. The van der Waals surface area contributed by atoms with E-state index in [0.717, 1.165) is 63.9 Å². The molecule has 1 aliphatic rings. The second-order valence-corrected chi connectivity index (χ2v) is 19.0. The van der Waals surface area contributed by atoms with Gasteiger partial charge in [0.1, 0.15) is 36.6 Å². The Morgan fingerprint density at radius 3 is 2.03 bits per heavy atom. The van der Waals surface area contributed by atoms with E-state index in [1.165, 1.54) is 12.7 Å². The van der Waals surface area contributed by atoms with Crippen LogP contribution in [0.15, 0.2) is 115 Å². The smallest absolute Gasteiger partial charge is 0.413 e. The maximum absolute atomic E-state index is 13.5. The molecule has 2 atom stereocenters. The minimum absolute atomic E-state index is 0.0954. The number of amides is 4. The van der Waals surface area contributed by atoms with Gasteiger partial charge in [-0.1, -0.05) is 112 Å². The number of carbonyl (C=O) groups excluding carboxylic acids is 5. The fourth-order valence-electron chi connectivity index (χ4n) is 9.15. The fraction of sp³-hybridized carbons (Fsp3) is 0.316. The number of rotatable bonds is 19. The summed E-state index contributed by atoms with van der Waals surface area (Å²) in [6.45, 7) is 8.59. The molecule has 4 N–H and O–H groups in total. The number of esters is 1. The molecule has 1 aliphatic carbocycles. The number of anilines is 2. The highest BCUT2D eigenvalue weighted by atomic mass is 16.6. The van der Waals surface area contributed by atoms with E-state index in [1.807, 2.05) is 56.6 Å². The Morgan fingerprint density at radius 1 is 0.726 bits per heavy atom. The molecule has 8 rings (SSSR count). The summed E-state index contributed by atoms with van der Waals surface area (Å²) in [4.78, 5) is 78.0. The number of fused-ring (bicyclic) bond motifs is 6. The number of nitrogens with zero attached hydrogens (tertiary/aromatic N) is 4. The second kappa shape index (κ2) is 23.0. The quantitative estimate of drug-likeness (QED) is 0.0445. The molecule has 2 aromatic heterocycles. The van der Waals surface area contributed by atoms with Gasteiger partial charge in [-0.05, 0) is 103 Å². The minimum Gasteiger partial charge on any atom is -0.465 e. The molecule has 378 valence electrons. The van der Waals surface area contributed by atoms with Crippen LogP contribution in [-0.4, -0.2) is 89.3 Å². The Balaban J connectivity index is 0.888. The monoisotopic (exact) mass is 986 g/mol. The Kier molecular flexibility index (Phi) is 16.1. The normalized spacial score (nSPS) is 12.8. The van der Waals surface area contributed by atoms with Crippen molar-refractivity contribution < 1.29 is 38.2 Å². The average molecular weight is 987 g/mol. The SMILES string of the molecule is CCCCc1nc2c(NC(=O)OCc3ccc(NC(=O)[C@H](C)NC(=O)[C@@H](NC(=O)OCC4c5ccccc5-c5ccccc54)C(C)C)cc3)nc3cc(C(=O)OC)ccc3c2n1Cc1ccc(CN(C)C)cc1. The van der Waals surface area contributed by atoms with Crippen LogP contribution in [0, 0.1) is 5.92 Å². The molecule has 5 aromatic carbocycles. The standard InChI is InChI=1S/C57H62N8O8/c1-8-9-18-48-61-50-51(65(48)31-37-21-19-36(20-22-37)30-64(5)6)45-28-25-39(55(68)71-7)29-47(45)60-52(50)63-57(70)72-32-38-23-26-40(27-24-38)59-53(66)35(4)58-54(67)49(34(2)3)62-56(69)73-33-46-43-16-12-10-14-41(43)42-15-11-13-17-44(42)46/h10-17,19-29,34-35,46,49H,8-9,18,30-33H2,1-7H3,(H,58,67)(H,59,66)(H,62,69)(H,60,63,70)/t35-,49-/m0/s1. The molecule has 4 amide bonds. The number of hydrogen-bond acceptors (Lipinski definition) is 11. The van der Waals surface area contributed by atoms with Crippen molar-refractivity contribution >= 4 is 63.4 Å². The summed E-state index contributed by atoms with van der Waals surface area (Å²) in [7, 11) is 5.39. The first-order valence-corrected chi connectivity index (χ1v) is 24.6. The highest BCUT2D eigenvalue weighted by Gasteiger charge is 2.31. The van der Waals surface area contributed by atoms with Crippen LogP contribution < -0.4 is 21.3 Å². The van der Waals surface area contributed by atoms with Crippen LogP contribution in [0.25, 0.3) is 33.1 Å². The molecule has 0 bridgehead atoms. The molecule has 16 heteroatoms. The van der Waals surface area contributed by atoms with Gasteiger partial charge in [-0.15, -0.1) is 0 Å². The molecule has 0 radical (unpaired) electrons. The molecule has 7 aromatic rings. The van der Waals surface area contributed by atoms with Gasteiger partial charge in [0.05, 0.1) is 23.7 Å². The van der Waals surface area contributed by atoms with Crippen molar-refractivity contribution in [2.45, 2.75) is 84.7 Å². The molecular weight excluding hydrogens is 925 g/mol. The molecular formula is C57H62N8O8. The van der Waals surface area contributed by atoms with Gasteiger partial charge in [0, 0.05) is 36.5 Å². The molecule has 73 heavy (non-hydrogen) atoms. The van der Waals surface area contributed by atoms with Crippen LogP contribution in [0.5, 0.6) is 0 Å². The molecule has 0 saturated heterocycles. The first kappa shape index (κ1) is 51.3. The highest BCUT2D eigenvalue weighted by molar-refractivity contribution is 6.10. The van der Waals surface area contributed by atoms with Crippen LogP contribution in [0.4, 0.5) is 21.1 Å². The lowest BCUT2D eigenvalue weighted by Crippen LogP contribution is -2.53. The Morgan fingerprint density at radius 2 is 1.38 bits per heavy atom. The largest absolute Gasteiger partial charge is 0.465 e. The number of unbranched alkanes of at least 4 members (excludes halogenated alkanes) is 1. The maximum atomic E-state index is 13.5. The van der Waals surface area contributed by atoms with Crippen molar-refractivity contribution in [2.24, 2.45) is 5.92 Å². The lowest BCUT2D eigenvalue weighted by Gasteiger charge is -2.24. The first-order valence-electron chi connectivity index (χ1n) is 24.6. The molecule has 16 nitrogen and oxygen atoms in total. The third kappa shape index (κ3) is 12.0. The van der Waals surface area contributed by atoms with Gasteiger partial charge in [0.2, 0.25) is 11.8 Å². The molecule has 2 heterocycles. The van der Waals surface area contributed by atoms with Crippen LogP contribution >= 0.6 is 0 Å². The van der Waals surface area contributed by atoms with Crippen molar-refractivity contribution in [1.29, 1.82) is 0 Å². The van der Waals surface area contributed by atoms with E-state index in [9.17, 15) is 24.0 Å². The summed E-state index contributed by atoms with van der Waals surface area (Å²) in [6.07, 6.45) is 1.05. The topological polar surface area (TPSA) is 195 Å². The average Bonchev–Trinajstić information content (AvgIpc) is 3.91. The van der Waals surface area contributed by atoms with Gasteiger partial charge in [-0.25, -0.2) is 24.4 Å². The number of pyridine rings is 1. The molecule has 0 unspecified atom stereocenters. The van der Waals surface area contributed by atoms with Crippen LogP contribution in [-0.2, 0) is 49.9 Å². The predicted octanol–water partition coefficient (Wildman–Crippen LogP) is 9.58. The lowest BCUT2D eigenvalue weighted by molar-refractivity contribution is -0.128. The van der Waals surface area contributed by atoms with Gasteiger partial charge in [-0.2, -0.15) is 0 Å². The summed E-state index contributed by atoms with van der Waals surface area (Å²) in [6, 6.07) is 34.5. The van der Waals surface area contributed by atoms with E-state index in [2.05, 4.69) is 74.1 Å². The Hall–Kier alpha value is -8.11. The third-order valence-electron chi connectivity index (χ3n) is 12.9. The summed E-state index contributed by atoms with van der Waals surface area (Å²) in [5.41, 5.74) is 9.74. The fourth-order valence-corrected chi connectivity index (χ4v) is 9.15. The van der Waals surface area contributed by atoms with Crippen LogP contribution in [0.3, 0.4) is 0 Å². The van der Waals surface area contributed by atoms with Crippen LogP contribution in [0.2, 0.25) is 0 Å². The Bertz CT molecular complexity index is 3100. The van der Waals surface area contributed by atoms with Gasteiger partial charge in [-0.3, -0.25) is 14.9 Å². The summed E-state index contributed by atoms with van der Waals surface area (Å²) in [5, 5.41) is 11.8. The van der Waals surface area contributed by atoms with E-state index < -0.39 is 42.1 Å². The van der Waals surface area contributed by atoms with Gasteiger partial charge in [0.25, 0.3) is 0 Å². The van der Waals surface area contributed by atoms with Crippen LogP contribution in [0.1, 0.15) is 90.5 Å². The summed E-state index contributed by atoms with van der Waals surface area (Å²) < 4.78 is 18.5. The summed E-state index contributed by atoms with van der Waals surface area (Å²) in [5.74, 6) is -0.963. The number of alkyl carbamates (subject to hydrolysis) is 1. The van der Waals surface area contributed by atoms with Crippen molar-refractivity contribution in [3.63, 3.8) is 0 Å². The number of nitrogens with one attached hydrogen (secondary N) is 4.